The van der Waals surface area contributed by atoms with E-state index in [-0.39, 0.29) is 34.5 Å². The molecule has 0 fully saturated rings. The summed E-state index contributed by atoms with van der Waals surface area (Å²) < 4.78 is 0. The molecule has 0 bridgehead atoms. The number of hydrogen-bond donors (Lipinski definition) is 4. The van der Waals surface area contributed by atoms with Crippen LogP contribution in [-0.2, 0) is 0 Å². The lowest BCUT2D eigenvalue weighted by Crippen LogP contribution is -2.74. The van der Waals surface area contributed by atoms with Crippen molar-refractivity contribution >= 4 is 11.9 Å². The Morgan fingerprint density at radius 2 is 1.08 bits per heavy atom. The van der Waals surface area contributed by atoms with Crippen LogP contribution in [0.15, 0.2) is 0 Å². The van der Waals surface area contributed by atoms with E-state index in [1.807, 2.05) is 38.8 Å². The van der Waals surface area contributed by atoms with Gasteiger partial charge in [-0.1, -0.05) is 10.9 Å². The first-order valence-corrected chi connectivity index (χ1v) is 6.43. The second-order valence-corrected chi connectivity index (χ2v) is 3.80. The predicted molar refractivity (Wildman–Crippen MR) is 86.6 cm³/mol. The van der Waals surface area contributed by atoms with Gasteiger partial charge >= 0.3 is 0 Å². The van der Waals surface area contributed by atoms with Gasteiger partial charge in [-0.05, 0) is 0 Å². The lowest BCUT2D eigenvalue weighted by molar-refractivity contribution is -0.597. The molecule has 0 aromatic carbocycles. The monoisotopic (exact) mass is 382 g/mol. The molecule has 0 saturated carbocycles. The number of quaternary nitrogens is 2. The Bertz CT molecular complexity index is 575. The number of H-pyrrole nitrogens is 2. The van der Waals surface area contributed by atoms with Crippen molar-refractivity contribution in [1.82, 2.24) is 30.4 Å². The van der Waals surface area contributed by atoms with Crippen LogP contribution in [0.5, 0.6) is 0 Å². The van der Waals surface area contributed by atoms with Gasteiger partial charge in [0.1, 0.15) is 33.6 Å². The quantitative estimate of drug-likeness (QED) is 0.290. The molecule has 0 aliphatic rings. The molecule has 0 aliphatic heterocycles. The molecule has 0 radical (unpaired) electrons. The Morgan fingerprint density at radius 1 is 0.808 bits per heavy atom. The molecule has 150 valence electrons. The Labute approximate surface area is 146 Å². The largest absolute Gasteiger partial charge is 0.412 e. The summed E-state index contributed by atoms with van der Waals surface area (Å²) in [5.74, 6) is -0.937. The van der Waals surface area contributed by atoms with Gasteiger partial charge in [0.05, 0.1) is 28.2 Å². The highest BCUT2D eigenvalue weighted by Crippen LogP contribution is 2.18. The molecule has 0 atom stereocenters. The van der Waals surface area contributed by atoms with Crippen LogP contribution in [0.1, 0.15) is 0 Å². The summed E-state index contributed by atoms with van der Waals surface area (Å²) >= 11 is 0. The third kappa shape index (κ3) is 11.1. The van der Waals surface area contributed by atoms with Crippen LogP contribution in [0, 0.1) is 20.2 Å². The van der Waals surface area contributed by atoms with Gasteiger partial charge in [0.2, 0.25) is 0 Å². The second kappa shape index (κ2) is 15.1. The molecule has 0 unspecified atom stereocenters. The summed E-state index contributed by atoms with van der Waals surface area (Å²) in [6.07, 6.45) is 0. The average molecular weight is 382 g/mol. The standard InChI is InChI=1S/C4H2N10O4.2C2H7N.2H2O/c15-13(16)11-3-5-1(7-9-3)2-6-4(10-8-2)12-14(17)18;2*1-3-2;;/h(H2-2,5,6,7,8,9,10,11,12);2*3H,1-2H3;2*1H2/q-2;;;;/p+2. The van der Waals surface area contributed by atoms with Gasteiger partial charge in [0.15, 0.2) is 0 Å². The van der Waals surface area contributed by atoms with Gasteiger partial charge in [-0.15, -0.1) is 0 Å². The minimum atomic E-state index is -0.963. The molecule has 18 nitrogen and oxygen atoms in total. The summed E-state index contributed by atoms with van der Waals surface area (Å²) in [6, 6.07) is 0. The molecular weight excluding hydrogens is 360 g/mol. The molecule has 10 N–H and O–H groups in total. The molecule has 2 aromatic heterocycles. The van der Waals surface area contributed by atoms with Crippen LogP contribution in [0.2, 0.25) is 0 Å². The SMILES string of the molecule is C[NH2+]C.C[NH2+]C.O.O.O=[N+]([O-])[N-]c1nc(-c2n[nH]c([N-][N+](=O)[O-])n2)n[nH]1. The molecule has 18 heteroatoms. The van der Waals surface area contributed by atoms with Crippen molar-refractivity contribution in [2.24, 2.45) is 0 Å². The van der Waals surface area contributed by atoms with Crippen molar-refractivity contribution in [2.45, 2.75) is 0 Å². The molecular formula is C8H22N12O6. The highest BCUT2D eigenvalue weighted by atomic mass is 16.7. The normalized spacial score (nSPS) is 8.31. The molecule has 2 rings (SSSR count). The van der Waals surface area contributed by atoms with Gasteiger partial charge in [0, 0.05) is 0 Å². The predicted octanol–water partition coefficient (Wildman–Crippen LogP) is -4.05. The number of rotatable bonds is 5. The molecule has 0 spiro atoms. The van der Waals surface area contributed by atoms with Crippen LogP contribution < -0.4 is 10.6 Å². The average Bonchev–Trinajstić information content (AvgIpc) is 3.08. The van der Waals surface area contributed by atoms with E-state index >= 15 is 0 Å². The lowest BCUT2D eigenvalue weighted by atomic mass is 10.6. The minimum Gasteiger partial charge on any atom is -0.412 e. The maximum atomic E-state index is 10.1. The smallest absolute Gasteiger partial charge is 0.125 e. The van der Waals surface area contributed by atoms with Crippen LogP contribution in [-0.4, -0.2) is 79.6 Å². The van der Waals surface area contributed by atoms with Crippen LogP contribution in [0.4, 0.5) is 11.9 Å². The zero-order valence-corrected chi connectivity index (χ0v) is 14.4. The summed E-state index contributed by atoms with van der Waals surface area (Å²) in [4.78, 5) is 27.3. The zero-order valence-electron chi connectivity index (χ0n) is 14.4. The molecule has 0 saturated heterocycles. The highest BCUT2D eigenvalue weighted by molar-refractivity contribution is 5.48. The molecule has 0 aliphatic carbocycles. The first-order chi connectivity index (χ1) is 11.4. The first-order valence-electron chi connectivity index (χ1n) is 6.43. The fourth-order valence-electron chi connectivity index (χ4n) is 0.951. The van der Waals surface area contributed by atoms with E-state index in [0.29, 0.717) is 0 Å². The summed E-state index contributed by atoms with van der Waals surface area (Å²) in [5, 5.41) is 33.6. The highest BCUT2D eigenvalue weighted by Gasteiger charge is 2.04. The van der Waals surface area contributed by atoms with Crippen molar-refractivity contribution in [3.05, 3.63) is 31.1 Å². The summed E-state index contributed by atoms with van der Waals surface area (Å²) in [7, 11) is 8.00. The van der Waals surface area contributed by atoms with Gasteiger partial charge in [0.25, 0.3) is 0 Å². The van der Waals surface area contributed by atoms with Crippen molar-refractivity contribution in [3.63, 3.8) is 0 Å². The van der Waals surface area contributed by atoms with Gasteiger partial charge in [-0.3, -0.25) is 0 Å². The van der Waals surface area contributed by atoms with E-state index in [4.69, 9.17) is 0 Å². The van der Waals surface area contributed by atoms with E-state index in [9.17, 15) is 20.2 Å². The van der Waals surface area contributed by atoms with Gasteiger partial charge in [-0.25, -0.2) is 30.4 Å². The zero-order chi connectivity index (χ0) is 18.5. The number of hydrogen-bond acceptors (Lipinski definition) is 8. The van der Waals surface area contributed by atoms with Crippen LogP contribution >= 0.6 is 0 Å². The molecule has 2 heterocycles. The number of aromatic amines is 2. The number of aromatic nitrogens is 6. The van der Waals surface area contributed by atoms with Gasteiger partial charge < -0.3 is 41.8 Å². The Morgan fingerprint density at radius 3 is 1.31 bits per heavy atom. The molecule has 2 aromatic rings. The lowest BCUT2D eigenvalue weighted by Gasteiger charge is -1.95. The Hall–Kier alpha value is -3.48. The fraction of sp³-hybridized carbons (Fsp3) is 0.500. The third-order valence-corrected chi connectivity index (χ3v) is 1.50. The fourth-order valence-corrected chi connectivity index (χ4v) is 0.951. The summed E-state index contributed by atoms with van der Waals surface area (Å²) in [5.41, 5.74) is 5.71. The van der Waals surface area contributed by atoms with Gasteiger partial charge in [-0.2, -0.15) is 0 Å². The number of nitro groups is 2. The number of nitrogens with one attached hydrogen (secondary N) is 2. The van der Waals surface area contributed by atoms with E-state index in [2.05, 4.69) is 41.2 Å². The first kappa shape index (κ1) is 27.4. The molecule has 0 amide bonds. The maximum absolute atomic E-state index is 10.1. The van der Waals surface area contributed by atoms with Crippen LogP contribution in [0.3, 0.4) is 0 Å². The van der Waals surface area contributed by atoms with Crippen molar-refractivity contribution in [2.75, 3.05) is 28.2 Å². The molecule has 26 heavy (non-hydrogen) atoms. The van der Waals surface area contributed by atoms with E-state index in [1.54, 1.807) is 0 Å². The summed E-state index contributed by atoms with van der Waals surface area (Å²) in [6.45, 7) is 0. The van der Waals surface area contributed by atoms with Crippen molar-refractivity contribution in [1.29, 1.82) is 0 Å². The van der Waals surface area contributed by atoms with Crippen molar-refractivity contribution < 1.29 is 31.7 Å². The van der Waals surface area contributed by atoms with E-state index < -0.39 is 10.1 Å². The number of nitrogens with zero attached hydrogens (tertiary/aromatic N) is 8. The Balaban J connectivity index is -0.000000586. The minimum absolute atomic E-state index is 0. The maximum Gasteiger partial charge on any atom is 0.125 e. The van der Waals surface area contributed by atoms with Crippen molar-refractivity contribution in [3.8, 4) is 11.6 Å². The Kier molecular flexibility index (Phi) is 15.9. The topological polar surface area (TPSA) is 294 Å². The third-order valence-electron chi connectivity index (χ3n) is 1.50. The van der Waals surface area contributed by atoms with Crippen LogP contribution in [0.25, 0.3) is 22.5 Å². The van der Waals surface area contributed by atoms with E-state index in [1.165, 1.54) is 0 Å². The van der Waals surface area contributed by atoms with E-state index in [0.717, 1.165) is 0 Å². The second-order valence-electron chi connectivity index (χ2n) is 3.80. The number of nitrogens with two attached hydrogens (primary N) is 2.